The van der Waals surface area contributed by atoms with Crippen LogP contribution in [0.1, 0.15) is 0 Å². The monoisotopic (exact) mass is 272 g/mol. The first-order valence-corrected chi connectivity index (χ1v) is 2.73. The summed E-state index contributed by atoms with van der Waals surface area (Å²) in [6, 6.07) is 0. The van der Waals surface area contributed by atoms with Crippen molar-refractivity contribution in [1.29, 1.82) is 0 Å². The van der Waals surface area contributed by atoms with Crippen LogP contribution in [0.25, 0.3) is 0 Å². The van der Waals surface area contributed by atoms with Gasteiger partial charge in [-0.15, -0.1) is 0 Å². The third-order valence-corrected chi connectivity index (χ3v) is 0.916. The topological polar surface area (TPSA) is 23.5 Å². The maximum absolute atomic E-state index is 11.5. The average Bonchev–Trinajstić information content (AvgIpc) is 1.60. The second-order valence-electron chi connectivity index (χ2n) is 2.32. The van der Waals surface area contributed by atoms with E-state index in [0.717, 1.165) is 0 Å². The van der Waals surface area contributed by atoms with Crippen molar-refractivity contribution >= 4 is 25.8 Å². The van der Waals surface area contributed by atoms with E-state index in [2.05, 4.69) is 0 Å². The maximum Gasteiger partial charge on any atom is 0.415 e. The Morgan fingerprint density at radius 3 is 1.82 bits per heavy atom. The fraction of sp³-hybridized carbons (Fsp3) is 1.00. The van der Waals surface area contributed by atoms with Gasteiger partial charge in [-0.05, 0) is 14.1 Å². The molecule has 0 aliphatic carbocycles. The smallest absolute Gasteiger partial charge is 0.382 e. The van der Waals surface area contributed by atoms with Crippen molar-refractivity contribution in [3.05, 3.63) is 0 Å². The molecule has 0 fully saturated rings. The zero-order valence-electron chi connectivity index (χ0n) is 6.39. The first-order valence-electron chi connectivity index (χ1n) is 2.73. The van der Waals surface area contributed by atoms with Gasteiger partial charge in [0.2, 0.25) is 0 Å². The average molecular weight is 272 g/mol. The molecule has 0 heterocycles. The molecule has 1 unspecified atom stereocenters. The van der Waals surface area contributed by atoms with Crippen molar-refractivity contribution in [3.63, 3.8) is 0 Å². The van der Waals surface area contributed by atoms with E-state index < -0.39 is 12.3 Å². The minimum absolute atomic E-state index is 0. The maximum atomic E-state index is 11.5. The largest absolute Gasteiger partial charge is 0.415 e. The van der Waals surface area contributed by atoms with Crippen LogP contribution in [-0.4, -0.2) is 68.8 Å². The Morgan fingerprint density at radius 2 is 1.73 bits per heavy atom. The van der Waals surface area contributed by atoms with Crippen LogP contribution >= 0.6 is 0 Å². The summed E-state index contributed by atoms with van der Waals surface area (Å²) in [5, 5.41) is 8.39. The van der Waals surface area contributed by atoms with E-state index in [-0.39, 0.29) is 32.4 Å². The molecule has 3 radical (unpaired) electrons. The van der Waals surface area contributed by atoms with Crippen LogP contribution in [0.4, 0.5) is 13.2 Å². The number of nitrogens with zero attached hydrogens (tertiary/aromatic N) is 1. The van der Waals surface area contributed by atoms with Crippen LogP contribution in [-0.2, 0) is 0 Å². The summed E-state index contributed by atoms with van der Waals surface area (Å²) in [5.41, 5.74) is 0. The van der Waals surface area contributed by atoms with E-state index in [4.69, 9.17) is 5.11 Å². The number of hydrogen-bond acceptors (Lipinski definition) is 2. The quantitative estimate of drug-likeness (QED) is 0.770. The van der Waals surface area contributed by atoms with Gasteiger partial charge >= 0.3 is 6.18 Å². The Kier molecular flexibility index (Phi) is 6.76. The molecule has 0 aliphatic rings. The number of likely N-dealkylation sites (N-methyl/N-ethyl adjacent to an activating group) is 1. The minimum atomic E-state index is -4.50. The van der Waals surface area contributed by atoms with Gasteiger partial charge in [0, 0.05) is 32.4 Å². The standard InChI is InChI=1S/C5H10F3NO.In/c1-9(2)3-4(10)5(6,7)8;/h4,10H,3H2,1-2H3;. The Hall–Kier alpha value is 0.580. The van der Waals surface area contributed by atoms with Crippen molar-refractivity contribution in [2.24, 2.45) is 0 Å². The molecule has 0 amide bonds. The second kappa shape index (κ2) is 5.27. The van der Waals surface area contributed by atoms with E-state index in [1.54, 1.807) is 0 Å². The normalized spacial score (nSPS) is 14.5. The predicted octanol–water partition coefficient (Wildman–Crippen LogP) is 0.0904. The van der Waals surface area contributed by atoms with Crippen LogP contribution in [0.5, 0.6) is 0 Å². The summed E-state index contributed by atoms with van der Waals surface area (Å²) < 4.78 is 34.6. The van der Waals surface area contributed by atoms with Crippen LogP contribution in [0.2, 0.25) is 0 Å². The fourth-order valence-electron chi connectivity index (χ4n) is 0.449. The van der Waals surface area contributed by atoms with Crippen LogP contribution in [0, 0.1) is 0 Å². The molecule has 1 atom stereocenters. The Balaban J connectivity index is 0. The third-order valence-electron chi connectivity index (χ3n) is 0.916. The fourth-order valence-corrected chi connectivity index (χ4v) is 0.449. The van der Waals surface area contributed by atoms with Gasteiger partial charge < -0.3 is 10.0 Å². The molecular weight excluding hydrogens is 262 g/mol. The first kappa shape index (κ1) is 14.1. The van der Waals surface area contributed by atoms with Crippen molar-refractivity contribution < 1.29 is 18.3 Å². The molecule has 65 valence electrons. The zero-order chi connectivity index (χ0) is 8.36. The second-order valence-corrected chi connectivity index (χ2v) is 2.32. The van der Waals surface area contributed by atoms with Crippen molar-refractivity contribution in [3.8, 4) is 0 Å². The molecule has 6 heteroatoms. The van der Waals surface area contributed by atoms with Gasteiger partial charge in [-0.25, -0.2) is 0 Å². The van der Waals surface area contributed by atoms with Crippen molar-refractivity contribution in [2.45, 2.75) is 12.3 Å². The van der Waals surface area contributed by atoms with Crippen LogP contribution in [0.3, 0.4) is 0 Å². The molecule has 2 nitrogen and oxygen atoms in total. The molecular formula is C5H10F3InNO. The Morgan fingerprint density at radius 1 is 1.36 bits per heavy atom. The molecule has 0 aromatic rings. The molecule has 0 saturated carbocycles. The van der Waals surface area contributed by atoms with Gasteiger partial charge in [0.15, 0.2) is 6.10 Å². The van der Waals surface area contributed by atoms with Crippen LogP contribution < -0.4 is 0 Å². The number of alkyl halides is 3. The Bertz CT molecular complexity index is 106. The SMILES string of the molecule is CN(C)CC(O)C(F)(F)F.[In]. The first-order chi connectivity index (χ1) is 4.34. The van der Waals surface area contributed by atoms with E-state index in [1.807, 2.05) is 0 Å². The molecule has 1 N–H and O–H groups in total. The van der Waals surface area contributed by atoms with Gasteiger partial charge in [-0.2, -0.15) is 13.2 Å². The van der Waals surface area contributed by atoms with Gasteiger partial charge in [-0.1, -0.05) is 0 Å². The summed E-state index contributed by atoms with van der Waals surface area (Å²) in [6.45, 7) is -0.385. The number of rotatable bonds is 2. The molecule has 0 bridgehead atoms. The summed E-state index contributed by atoms with van der Waals surface area (Å²) >= 11 is 0. The zero-order valence-corrected chi connectivity index (χ0v) is 9.69. The third kappa shape index (κ3) is 6.96. The van der Waals surface area contributed by atoms with Crippen LogP contribution in [0.15, 0.2) is 0 Å². The molecule has 11 heavy (non-hydrogen) atoms. The minimum Gasteiger partial charge on any atom is -0.382 e. The number of halogens is 3. The van der Waals surface area contributed by atoms with Crippen molar-refractivity contribution in [2.75, 3.05) is 20.6 Å². The molecule has 0 aliphatic heterocycles. The summed E-state index contributed by atoms with van der Waals surface area (Å²) in [4.78, 5) is 1.28. The van der Waals surface area contributed by atoms with E-state index in [0.29, 0.717) is 0 Å². The number of aliphatic hydroxyl groups excluding tert-OH is 1. The number of hydrogen-bond donors (Lipinski definition) is 1. The van der Waals surface area contributed by atoms with Gasteiger partial charge in [0.1, 0.15) is 0 Å². The van der Waals surface area contributed by atoms with Crippen molar-refractivity contribution in [1.82, 2.24) is 4.90 Å². The predicted molar refractivity (Wildman–Crippen MR) is 36.4 cm³/mol. The Labute approximate surface area is 82.2 Å². The summed E-state index contributed by atoms with van der Waals surface area (Å²) in [5.74, 6) is 0. The summed E-state index contributed by atoms with van der Waals surface area (Å²) in [7, 11) is 2.93. The molecule has 0 spiro atoms. The van der Waals surface area contributed by atoms with E-state index >= 15 is 0 Å². The number of aliphatic hydroxyl groups is 1. The molecule has 0 saturated heterocycles. The van der Waals surface area contributed by atoms with Gasteiger partial charge in [0.05, 0.1) is 0 Å². The van der Waals surface area contributed by atoms with E-state index in [1.165, 1.54) is 19.0 Å². The molecule has 0 aromatic heterocycles. The molecule has 0 aromatic carbocycles. The summed E-state index contributed by atoms with van der Waals surface area (Å²) in [6.07, 6.45) is -6.73. The van der Waals surface area contributed by atoms with Gasteiger partial charge in [-0.3, -0.25) is 0 Å². The van der Waals surface area contributed by atoms with E-state index in [9.17, 15) is 13.2 Å². The van der Waals surface area contributed by atoms with Gasteiger partial charge in [0.25, 0.3) is 0 Å². The molecule has 0 rings (SSSR count).